The number of halogens is 3. The summed E-state index contributed by atoms with van der Waals surface area (Å²) < 4.78 is 23.5. The molecule has 1 atom stereocenters. The standard InChI is InChI=1S/C41H40Cl2FN5O4Si/c1-27-26-48(40(51)52)23-24-49(27)38(47-39(50)45-28-15-8-5-9-16-28)31-25-32(42)36(46-37(31)43)35-33(44)21-14-22-34(35)53-54(41(2,3)4,29-17-10-6-11-18-29)30-19-12-7-13-20-30/h5-22,25,27H,23-24,26H2,1-4H3,(H,45,50)(H,51,52). The molecule has 0 saturated carbocycles. The van der Waals surface area contributed by atoms with Crippen LogP contribution in [0, 0.1) is 5.82 Å². The number of pyridine rings is 1. The monoisotopic (exact) mass is 783 g/mol. The second kappa shape index (κ2) is 16.0. The number of carbonyl (C=O) groups is 2. The lowest BCUT2D eigenvalue weighted by Gasteiger charge is -2.43. The Morgan fingerprint density at radius 1 is 0.907 bits per heavy atom. The number of urea groups is 1. The number of hydrogen-bond donors (Lipinski definition) is 2. The second-order valence-corrected chi connectivity index (χ2v) is 19.0. The third kappa shape index (κ3) is 7.84. The quantitative estimate of drug-likeness (QED) is 0.0740. The van der Waals surface area contributed by atoms with Gasteiger partial charge >= 0.3 is 20.4 Å². The van der Waals surface area contributed by atoms with Gasteiger partial charge < -0.3 is 24.6 Å². The summed E-state index contributed by atoms with van der Waals surface area (Å²) in [6.07, 6.45) is -1.05. The van der Waals surface area contributed by atoms with Crippen molar-refractivity contribution in [3.63, 3.8) is 0 Å². The summed E-state index contributed by atoms with van der Waals surface area (Å²) in [6.45, 7) is 8.73. The Bertz CT molecular complexity index is 2130. The Hall–Kier alpha value is -5.23. The van der Waals surface area contributed by atoms with E-state index in [2.05, 4.69) is 36.1 Å². The number of nitrogens with one attached hydrogen (secondary N) is 1. The number of amidine groups is 1. The van der Waals surface area contributed by atoms with E-state index in [1.165, 1.54) is 17.0 Å². The van der Waals surface area contributed by atoms with E-state index >= 15 is 4.39 Å². The first kappa shape index (κ1) is 38.5. The van der Waals surface area contributed by atoms with Gasteiger partial charge in [-0.3, -0.25) is 0 Å². The highest BCUT2D eigenvalue weighted by Crippen LogP contribution is 2.43. The molecule has 1 fully saturated rings. The van der Waals surface area contributed by atoms with Crippen molar-refractivity contribution in [3.05, 3.63) is 137 Å². The number of piperazine rings is 1. The third-order valence-electron chi connectivity index (χ3n) is 9.47. The normalized spacial score (nSPS) is 15.2. The molecule has 1 aromatic heterocycles. The van der Waals surface area contributed by atoms with Crippen LogP contribution in [0.3, 0.4) is 0 Å². The number of hydrogen-bond acceptors (Lipinski definition) is 4. The van der Waals surface area contributed by atoms with Crippen molar-refractivity contribution in [1.29, 1.82) is 0 Å². The van der Waals surface area contributed by atoms with Gasteiger partial charge in [0, 0.05) is 31.4 Å². The molecule has 278 valence electrons. The molecule has 0 aliphatic carbocycles. The molecular weight excluding hydrogens is 744 g/mol. The van der Waals surface area contributed by atoms with Crippen LogP contribution in [0.5, 0.6) is 5.75 Å². The van der Waals surface area contributed by atoms with Crippen molar-refractivity contribution in [1.82, 2.24) is 14.8 Å². The van der Waals surface area contributed by atoms with Gasteiger partial charge in [-0.25, -0.2) is 19.0 Å². The molecule has 9 nitrogen and oxygen atoms in total. The Labute approximate surface area is 325 Å². The van der Waals surface area contributed by atoms with E-state index < -0.39 is 37.3 Å². The van der Waals surface area contributed by atoms with Gasteiger partial charge in [-0.15, -0.1) is 0 Å². The highest BCUT2D eigenvalue weighted by molar-refractivity contribution is 7.00. The molecule has 1 aliphatic rings. The topological polar surface area (TPSA) is 107 Å². The van der Waals surface area contributed by atoms with Gasteiger partial charge in [0.05, 0.1) is 21.8 Å². The van der Waals surface area contributed by atoms with Crippen molar-refractivity contribution >= 4 is 65.5 Å². The van der Waals surface area contributed by atoms with Gasteiger partial charge in [-0.1, -0.05) is 129 Å². The van der Waals surface area contributed by atoms with Crippen molar-refractivity contribution < 1.29 is 23.5 Å². The minimum Gasteiger partial charge on any atom is -0.533 e. The fourth-order valence-electron chi connectivity index (χ4n) is 6.93. The van der Waals surface area contributed by atoms with Crippen molar-refractivity contribution in [2.75, 3.05) is 25.0 Å². The molecule has 0 radical (unpaired) electrons. The first-order valence-corrected chi connectivity index (χ1v) is 20.1. The minimum atomic E-state index is -3.22. The lowest BCUT2D eigenvalue weighted by Crippen LogP contribution is -2.68. The summed E-state index contributed by atoms with van der Waals surface area (Å²) in [5.41, 5.74) is 0.830. The second-order valence-electron chi connectivity index (χ2n) is 14.0. The number of aromatic nitrogens is 1. The number of carbonyl (C=O) groups excluding carboxylic acids is 1. The molecule has 2 heterocycles. The van der Waals surface area contributed by atoms with E-state index in [0.717, 1.165) is 10.4 Å². The molecule has 4 aromatic carbocycles. The fourth-order valence-corrected chi connectivity index (χ4v) is 11.8. The zero-order chi connectivity index (χ0) is 38.6. The molecule has 1 saturated heterocycles. The minimum absolute atomic E-state index is 0.0349. The fraction of sp³-hybridized carbons (Fsp3) is 0.220. The Morgan fingerprint density at radius 3 is 2.06 bits per heavy atom. The Balaban J connectivity index is 1.47. The van der Waals surface area contributed by atoms with Crippen LogP contribution in [0.2, 0.25) is 15.2 Å². The molecule has 6 rings (SSSR count). The molecule has 13 heteroatoms. The van der Waals surface area contributed by atoms with Crippen LogP contribution < -0.4 is 20.1 Å². The molecule has 54 heavy (non-hydrogen) atoms. The van der Waals surface area contributed by atoms with Crippen LogP contribution in [0.15, 0.2) is 120 Å². The summed E-state index contributed by atoms with van der Waals surface area (Å²) in [7, 11) is -3.22. The van der Waals surface area contributed by atoms with Gasteiger partial charge in [-0.05, 0) is 52.7 Å². The van der Waals surface area contributed by atoms with Gasteiger partial charge in [0.1, 0.15) is 22.6 Å². The highest BCUT2D eigenvalue weighted by Gasteiger charge is 2.52. The number of aliphatic imine (C=N–C) groups is 1. The summed E-state index contributed by atoms with van der Waals surface area (Å²) >= 11 is 14.0. The third-order valence-corrected chi connectivity index (χ3v) is 15.0. The average Bonchev–Trinajstić information content (AvgIpc) is 3.14. The molecule has 0 bridgehead atoms. The van der Waals surface area contributed by atoms with Crippen LogP contribution in [0.1, 0.15) is 33.3 Å². The number of anilines is 1. The Kier molecular flexibility index (Phi) is 11.4. The maximum Gasteiger partial charge on any atom is 0.407 e. The van der Waals surface area contributed by atoms with Crippen LogP contribution in [0.25, 0.3) is 11.3 Å². The zero-order valence-electron chi connectivity index (χ0n) is 30.3. The summed E-state index contributed by atoms with van der Waals surface area (Å²) in [6, 6.07) is 33.9. The first-order chi connectivity index (χ1) is 25.8. The van der Waals surface area contributed by atoms with Crippen LogP contribution >= 0.6 is 23.2 Å². The summed E-state index contributed by atoms with van der Waals surface area (Å²) in [5, 5.41) is 13.9. The first-order valence-electron chi connectivity index (χ1n) is 17.4. The van der Waals surface area contributed by atoms with Gasteiger partial charge in [0.15, 0.2) is 0 Å². The largest absolute Gasteiger partial charge is 0.533 e. The number of benzene rings is 4. The molecule has 3 amide bonds. The molecule has 1 unspecified atom stereocenters. The van der Waals surface area contributed by atoms with Crippen molar-refractivity contribution in [2.45, 2.75) is 38.8 Å². The smallest absolute Gasteiger partial charge is 0.407 e. The number of nitrogens with zero attached hydrogens (tertiary/aromatic N) is 4. The number of amides is 3. The van der Waals surface area contributed by atoms with E-state index in [4.69, 9.17) is 27.6 Å². The van der Waals surface area contributed by atoms with Gasteiger partial charge in [0.25, 0.3) is 0 Å². The zero-order valence-corrected chi connectivity index (χ0v) is 32.8. The molecule has 2 N–H and O–H groups in total. The molecular formula is C41H40Cl2FN5O4Si. The van der Waals surface area contributed by atoms with E-state index in [0.29, 0.717) is 5.69 Å². The lowest BCUT2D eigenvalue weighted by molar-refractivity contribution is 0.106. The molecule has 0 spiro atoms. The van der Waals surface area contributed by atoms with E-state index in [9.17, 15) is 14.7 Å². The predicted molar refractivity (Wildman–Crippen MR) is 216 cm³/mol. The van der Waals surface area contributed by atoms with Crippen molar-refractivity contribution in [3.8, 4) is 17.0 Å². The maximum atomic E-state index is 16.3. The maximum absolute atomic E-state index is 16.3. The summed E-state index contributed by atoms with van der Waals surface area (Å²) in [4.78, 5) is 37.3. The number of carboxylic acid groups (broad SMARTS) is 1. The highest BCUT2D eigenvalue weighted by atomic mass is 35.5. The number of para-hydroxylation sites is 1. The Morgan fingerprint density at radius 2 is 1.50 bits per heavy atom. The SMILES string of the molecule is CC1CN(C(=O)O)CCN1C(=NC(=O)Nc1ccccc1)c1cc(Cl)c(-c2c(F)cccc2O[Si](c2ccccc2)(c2ccccc2)C(C)(C)C)nc1Cl. The van der Waals surface area contributed by atoms with Crippen LogP contribution in [-0.2, 0) is 0 Å². The van der Waals surface area contributed by atoms with Gasteiger partial charge in [0.2, 0.25) is 0 Å². The molecule has 5 aromatic rings. The lowest BCUT2D eigenvalue weighted by atomic mass is 10.1. The predicted octanol–water partition coefficient (Wildman–Crippen LogP) is 8.80. The molecule has 1 aliphatic heterocycles. The van der Waals surface area contributed by atoms with E-state index in [1.54, 1.807) is 41.3 Å². The van der Waals surface area contributed by atoms with Crippen LogP contribution in [0.4, 0.5) is 19.7 Å². The van der Waals surface area contributed by atoms with Crippen molar-refractivity contribution in [2.24, 2.45) is 4.99 Å². The van der Waals surface area contributed by atoms with Crippen LogP contribution in [-0.4, -0.2) is 71.8 Å². The van der Waals surface area contributed by atoms with E-state index in [-0.39, 0.29) is 58.2 Å². The van der Waals surface area contributed by atoms with E-state index in [1.807, 2.05) is 73.7 Å². The average molecular weight is 785 g/mol. The van der Waals surface area contributed by atoms with Gasteiger partial charge in [-0.2, -0.15) is 4.99 Å². The summed E-state index contributed by atoms with van der Waals surface area (Å²) in [5.74, 6) is -0.223. The number of rotatable bonds is 7.